The maximum absolute atomic E-state index is 13.3. The average molecular weight is 398 g/mol. The summed E-state index contributed by atoms with van der Waals surface area (Å²) < 4.78 is 20.5. The largest absolute Gasteiger partial charge is 0.453 e. The Morgan fingerprint density at radius 3 is 2.40 bits per heavy atom. The predicted octanol–water partition coefficient (Wildman–Crippen LogP) is 6.27. The number of rotatable bonds is 1. The number of anilines is 1. The zero-order valence-corrected chi connectivity index (χ0v) is 15.5. The molecule has 2 nitrogen and oxygen atoms in total. The van der Waals surface area contributed by atoms with Gasteiger partial charge in [-0.25, -0.2) is 4.39 Å². The molecule has 4 rings (SSSR count). The Kier molecular flexibility index (Phi) is 3.62. The smallest absolute Gasteiger partial charge is 0.155 e. The first-order valence-corrected chi connectivity index (χ1v) is 8.84. The van der Waals surface area contributed by atoms with Crippen LogP contribution >= 0.6 is 15.9 Å². The van der Waals surface area contributed by atoms with Crippen LogP contribution in [0.2, 0.25) is 0 Å². The molecule has 0 saturated carbocycles. The standard InChI is InChI=1S/C21H17BrFNO/c1-21(2)15-4-3-5-16(22)19(15)25-20-17(24)11-10-14(18(20)21)12-6-8-13(23)9-7-12/h3-11H,24H2,1-2H3. The molecule has 0 aliphatic carbocycles. The van der Waals surface area contributed by atoms with Gasteiger partial charge < -0.3 is 10.5 Å². The maximum Gasteiger partial charge on any atom is 0.155 e. The lowest BCUT2D eigenvalue weighted by atomic mass is 9.72. The fraction of sp³-hybridized carbons (Fsp3) is 0.143. The summed E-state index contributed by atoms with van der Waals surface area (Å²) in [6, 6.07) is 16.4. The number of benzene rings is 3. The van der Waals surface area contributed by atoms with Crippen LogP contribution < -0.4 is 10.5 Å². The summed E-state index contributed by atoms with van der Waals surface area (Å²) >= 11 is 3.57. The molecule has 0 amide bonds. The van der Waals surface area contributed by atoms with Gasteiger partial charge in [-0.1, -0.05) is 44.2 Å². The zero-order chi connectivity index (χ0) is 17.8. The molecular weight excluding hydrogens is 381 g/mol. The first-order valence-electron chi connectivity index (χ1n) is 8.05. The van der Waals surface area contributed by atoms with E-state index >= 15 is 0 Å². The fourth-order valence-electron chi connectivity index (χ4n) is 3.54. The van der Waals surface area contributed by atoms with Crippen molar-refractivity contribution in [2.75, 3.05) is 5.73 Å². The van der Waals surface area contributed by atoms with E-state index in [-0.39, 0.29) is 11.2 Å². The summed E-state index contributed by atoms with van der Waals surface area (Å²) in [4.78, 5) is 0. The van der Waals surface area contributed by atoms with Crippen LogP contribution in [0, 0.1) is 5.82 Å². The lowest BCUT2D eigenvalue weighted by Crippen LogP contribution is -2.26. The molecule has 4 heteroatoms. The molecule has 1 heterocycles. The number of fused-ring (bicyclic) bond motifs is 2. The Hall–Kier alpha value is -2.33. The van der Waals surface area contributed by atoms with Crippen LogP contribution in [-0.4, -0.2) is 0 Å². The summed E-state index contributed by atoms with van der Waals surface area (Å²) in [5.41, 5.74) is 10.6. The summed E-state index contributed by atoms with van der Waals surface area (Å²) in [6.07, 6.45) is 0. The second-order valence-electron chi connectivity index (χ2n) is 6.76. The summed E-state index contributed by atoms with van der Waals surface area (Å²) in [5, 5.41) is 0. The molecule has 3 aromatic rings. The van der Waals surface area contributed by atoms with Gasteiger partial charge >= 0.3 is 0 Å². The molecule has 0 radical (unpaired) electrons. The molecule has 0 aromatic heterocycles. The zero-order valence-electron chi connectivity index (χ0n) is 13.9. The normalized spacial score (nSPS) is 14.4. The lowest BCUT2D eigenvalue weighted by Gasteiger charge is -2.37. The second-order valence-corrected chi connectivity index (χ2v) is 7.61. The van der Waals surface area contributed by atoms with Crippen molar-refractivity contribution in [1.82, 2.24) is 0 Å². The quantitative estimate of drug-likeness (QED) is 0.491. The van der Waals surface area contributed by atoms with Gasteiger partial charge in [0.15, 0.2) is 5.75 Å². The van der Waals surface area contributed by atoms with Crippen molar-refractivity contribution in [3.63, 3.8) is 0 Å². The number of hydrogen-bond acceptors (Lipinski definition) is 2. The molecule has 0 fully saturated rings. The van der Waals surface area contributed by atoms with Crippen molar-refractivity contribution >= 4 is 21.6 Å². The van der Waals surface area contributed by atoms with Crippen molar-refractivity contribution in [3.8, 4) is 22.6 Å². The topological polar surface area (TPSA) is 35.2 Å². The molecule has 0 saturated heterocycles. The van der Waals surface area contributed by atoms with Crippen molar-refractivity contribution in [2.45, 2.75) is 19.3 Å². The van der Waals surface area contributed by atoms with Gasteiger partial charge in [0, 0.05) is 16.5 Å². The van der Waals surface area contributed by atoms with Crippen molar-refractivity contribution in [2.24, 2.45) is 0 Å². The van der Waals surface area contributed by atoms with E-state index in [1.165, 1.54) is 12.1 Å². The highest BCUT2D eigenvalue weighted by molar-refractivity contribution is 9.10. The predicted molar refractivity (Wildman–Crippen MR) is 103 cm³/mol. The minimum absolute atomic E-state index is 0.252. The van der Waals surface area contributed by atoms with Gasteiger partial charge in [-0.05, 0) is 51.3 Å². The minimum Gasteiger partial charge on any atom is -0.453 e. The number of halogens is 2. The van der Waals surface area contributed by atoms with Gasteiger partial charge in [0.05, 0.1) is 10.2 Å². The van der Waals surface area contributed by atoms with Crippen molar-refractivity contribution in [3.05, 3.63) is 76.0 Å². The second kappa shape index (κ2) is 5.60. The van der Waals surface area contributed by atoms with Gasteiger partial charge in [0.2, 0.25) is 0 Å². The minimum atomic E-state index is -0.314. The molecule has 2 N–H and O–H groups in total. The van der Waals surface area contributed by atoms with Crippen LogP contribution in [0.25, 0.3) is 11.1 Å². The molecule has 3 aromatic carbocycles. The number of ether oxygens (including phenoxy) is 1. The lowest BCUT2D eigenvalue weighted by molar-refractivity contribution is 0.418. The van der Waals surface area contributed by atoms with E-state index in [2.05, 4.69) is 35.8 Å². The molecule has 25 heavy (non-hydrogen) atoms. The molecule has 126 valence electrons. The molecule has 0 unspecified atom stereocenters. The highest BCUT2D eigenvalue weighted by atomic mass is 79.9. The molecule has 1 aliphatic heterocycles. The Balaban J connectivity index is 2.02. The van der Waals surface area contributed by atoms with Crippen LogP contribution in [0.5, 0.6) is 11.5 Å². The third-order valence-corrected chi connectivity index (χ3v) is 5.44. The first kappa shape index (κ1) is 16.2. The third kappa shape index (κ3) is 2.44. The van der Waals surface area contributed by atoms with Gasteiger partial charge in [0.1, 0.15) is 11.6 Å². The van der Waals surface area contributed by atoms with Gasteiger partial charge in [-0.3, -0.25) is 0 Å². The SMILES string of the molecule is CC1(C)c2cccc(Br)c2Oc2c(N)ccc(-c3ccc(F)cc3)c21. The van der Waals surface area contributed by atoms with Gasteiger partial charge in [-0.2, -0.15) is 0 Å². The van der Waals surface area contributed by atoms with E-state index in [0.717, 1.165) is 32.5 Å². The van der Waals surface area contributed by atoms with Crippen LogP contribution in [-0.2, 0) is 5.41 Å². The summed E-state index contributed by atoms with van der Waals surface area (Å²) in [5.74, 6) is 1.21. The molecule has 0 bridgehead atoms. The van der Waals surface area contributed by atoms with Crippen molar-refractivity contribution < 1.29 is 9.13 Å². The molecule has 1 aliphatic rings. The van der Waals surface area contributed by atoms with Crippen LogP contribution in [0.15, 0.2) is 59.1 Å². The van der Waals surface area contributed by atoms with Crippen LogP contribution in [0.1, 0.15) is 25.0 Å². The summed E-state index contributed by atoms with van der Waals surface area (Å²) in [7, 11) is 0. The van der Waals surface area contributed by atoms with E-state index in [1.54, 1.807) is 12.1 Å². The summed E-state index contributed by atoms with van der Waals surface area (Å²) in [6.45, 7) is 4.32. The first-order chi connectivity index (χ1) is 11.9. The number of nitrogen functional groups attached to an aromatic ring is 1. The van der Waals surface area contributed by atoms with Gasteiger partial charge in [0.25, 0.3) is 0 Å². The van der Waals surface area contributed by atoms with E-state index in [0.29, 0.717) is 11.4 Å². The average Bonchev–Trinajstić information content (AvgIpc) is 2.58. The van der Waals surface area contributed by atoms with Crippen LogP contribution in [0.4, 0.5) is 10.1 Å². The molecule has 0 spiro atoms. The number of para-hydroxylation sites is 1. The monoisotopic (exact) mass is 397 g/mol. The number of nitrogens with two attached hydrogens (primary N) is 1. The third-order valence-electron chi connectivity index (χ3n) is 4.81. The Labute approximate surface area is 154 Å². The van der Waals surface area contributed by atoms with E-state index in [4.69, 9.17) is 10.5 Å². The Morgan fingerprint density at radius 1 is 0.960 bits per heavy atom. The maximum atomic E-state index is 13.3. The van der Waals surface area contributed by atoms with E-state index in [9.17, 15) is 4.39 Å². The van der Waals surface area contributed by atoms with Crippen LogP contribution in [0.3, 0.4) is 0 Å². The highest BCUT2D eigenvalue weighted by Crippen LogP contribution is 2.54. The van der Waals surface area contributed by atoms with E-state index in [1.807, 2.05) is 24.3 Å². The Morgan fingerprint density at radius 2 is 1.68 bits per heavy atom. The fourth-order valence-corrected chi connectivity index (χ4v) is 3.99. The molecular formula is C21H17BrFNO. The number of hydrogen-bond donors (Lipinski definition) is 1. The molecule has 0 atom stereocenters. The Bertz CT molecular complexity index is 980. The highest BCUT2D eigenvalue weighted by Gasteiger charge is 2.38. The van der Waals surface area contributed by atoms with Gasteiger partial charge in [-0.15, -0.1) is 0 Å². The van der Waals surface area contributed by atoms with Crippen molar-refractivity contribution in [1.29, 1.82) is 0 Å². The van der Waals surface area contributed by atoms with E-state index < -0.39 is 0 Å².